The van der Waals surface area contributed by atoms with E-state index in [0.717, 1.165) is 36.4 Å². The van der Waals surface area contributed by atoms with Gasteiger partial charge in [0, 0.05) is 11.6 Å². The third-order valence-corrected chi connectivity index (χ3v) is 5.45. The highest BCUT2D eigenvalue weighted by Gasteiger charge is 2.19. The second-order valence-electron chi connectivity index (χ2n) is 6.09. The normalized spacial score (nSPS) is 16.1. The van der Waals surface area contributed by atoms with Gasteiger partial charge in [0.15, 0.2) is 0 Å². The van der Waals surface area contributed by atoms with E-state index in [0.29, 0.717) is 17.4 Å². The fourth-order valence-electron chi connectivity index (χ4n) is 2.70. The lowest BCUT2D eigenvalue weighted by molar-refractivity contribution is 0.0921. The molecule has 1 saturated heterocycles. The molecule has 1 amide bonds. The number of likely N-dealkylation sites (tertiary alicyclic amines) is 1. The van der Waals surface area contributed by atoms with Gasteiger partial charge in [-0.25, -0.2) is 0 Å². The minimum atomic E-state index is 0.0125. The SMILES string of the molecule is CN1CCC(NC(=O)c2cc(COc3ccccc3Cl)cs2)CC1. The van der Waals surface area contributed by atoms with Gasteiger partial charge in [0.05, 0.1) is 9.90 Å². The van der Waals surface area contributed by atoms with Crippen molar-refractivity contribution in [3.63, 3.8) is 0 Å². The zero-order valence-corrected chi connectivity index (χ0v) is 15.2. The van der Waals surface area contributed by atoms with Gasteiger partial charge in [-0.15, -0.1) is 11.3 Å². The fourth-order valence-corrected chi connectivity index (χ4v) is 3.69. The van der Waals surface area contributed by atoms with E-state index in [1.165, 1.54) is 11.3 Å². The Balaban J connectivity index is 1.53. The summed E-state index contributed by atoms with van der Waals surface area (Å²) in [6, 6.07) is 9.55. The summed E-state index contributed by atoms with van der Waals surface area (Å²) in [5, 5.41) is 5.68. The van der Waals surface area contributed by atoms with E-state index in [9.17, 15) is 4.79 Å². The number of carbonyl (C=O) groups excluding carboxylic acids is 1. The van der Waals surface area contributed by atoms with Gasteiger partial charge in [-0.2, -0.15) is 0 Å². The van der Waals surface area contributed by atoms with E-state index in [-0.39, 0.29) is 11.9 Å². The van der Waals surface area contributed by atoms with Crippen molar-refractivity contribution >= 4 is 28.8 Å². The molecule has 6 heteroatoms. The molecule has 1 aliphatic heterocycles. The smallest absolute Gasteiger partial charge is 0.261 e. The van der Waals surface area contributed by atoms with Gasteiger partial charge < -0.3 is 15.0 Å². The van der Waals surface area contributed by atoms with Crippen LogP contribution >= 0.6 is 22.9 Å². The van der Waals surface area contributed by atoms with Gasteiger partial charge in [-0.05, 0) is 56.6 Å². The number of rotatable bonds is 5. The van der Waals surface area contributed by atoms with Gasteiger partial charge in [0.25, 0.3) is 5.91 Å². The summed E-state index contributed by atoms with van der Waals surface area (Å²) in [5.74, 6) is 0.668. The molecular weight excluding hydrogens is 344 g/mol. The molecule has 1 fully saturated rings. The maximum Gasteiger partial charge on any atom is 0.261 e. The number of para-hydroxylation sites is 1. The number of thiophene rings is 1. The Kier molecular flexibility index (Phi) is 5.76. The first-order valence-electron chi connectivity index (χ1n) is 8.06. The van der Waals surface area contributed by atoms with E-state index in [2.05, 4.69) is 17.3 Å². The highest BCUT2D eigenvalue weighted by Crippen LogP contribution is 2.25. The third-order valence-electron chi connectivity index (χ3n) is 4.16. The Morgan fingerprint density at radius 3 is 2.88 bits per heavy atom. The molecular formula is C18H21ClN2O2S. The molecule has 0 radical (unpaired) electrons. The molecule has 1 N–H and O–H groups in total. The lowest BCUT2D eigenvalue weighted by Crippen LogP contribution is -2.43. The Hall–Kier alpha value is -1.56. The van der Waals surface area contributed by atoms with Gasteiger partial charge in [0.2, 0.25) is 0 Å². The molecule has 0 aliphatic carbocycles. The summed E-state index contributed by atoms with van der Waals surface area (Å²) in [5.41, 5.74) is 0.980. The molecule has 0 saturated carbocycles. The number of benzene rings is 1. The summed E-state index contributed by atoms with van der Waals surface area (Å²) in [6.45, 7) is 2.47. The molecule has 3 rings (SSSR count). The number of carbonyl (C=O) groups is 1. The zero-order valence-electron chi connectivity index (χ0n) is 13.6. The second kappa shape index (κ2) is 8.01. The zero-order chi connectivity index (χ0) is 16.9. The summed E-state index contributed by atoms with van der Waals surface area (Å²) in [7, 11) is 2.11. The van der Waals surface area contributed by atoms with E-state index >= 15 is 0 Å². The monoisotopic (exact) mass is 364 g/mol. The Labute approximate surface area is 151 Å². The first-order chi connectivity index (χ1) is 11.6. The van der Waals surface area contributed by atoms with Crippen molar-refractivity contribution in [3.05, 3.63) is 51.2 Å². The molecule has 0 atom stereocenters. The standard InChI is InChI=1S/C18H21ClN2O2S/c1-21-8-6-14(7-9-21)20-18(22)17-10-13(12-24-17)11-23-16-5-3-2-4-15(16)19/h2-5,10,12,14H,6-9,11H2,1H3,(H,20,22). The highest BCUT2D eigenvalue weighted by molar-refractivity contribution is 7.12. The van der Waals surface area contributed by atoms with Crippen LogP contribution < -0.4 is 10.1 Å². The van der Waals surface area contributed by atoms with Gasteiger partial charge >= 0.3 is 0 Å². The minimum Gasteiger partial charge on any atom is -0.487 e. The summed E-state index contributed by atoms with van der Waals surface area (Å²) in [6.07, 6.45) is 2.02. The molecule has 1 aromatic heterocycles. The summed E-state index contributed by atoms with van der Waals surface area (Å²) >= 11 is 7.53. The van der Waals surface area contributed by atoms with Crippen LogP contribution in [-0.2, 0) is 6.61 Å². The highest BCUT2D eigenvalue weighted by atomic mass is 35.5. The molecule has 24 heavy (non-hydrogen) atoms. The third kappa shape index (κ3) is 4.50. The van der Waals surface area contributed by atoms with Crippen LogP contribution in [0, 0.1) is 0 Å². The number of piperidine rings is 1. The number of amides is 1. The van der Waals surface area contributed by atoms with E-state index in [4.69, 9.17) is 16.3 Å². The van der Waals surface area contributed by atoms with Crippen LogP contribution in [0.2, 0.25) is 5.02 Å². The molecule has 1 aliphatic rings. The van der Waals surface area contributed by atoms with E-state index in [1.54, 1.807) is 6.07 Å². The number of ether oxygens (including phenoxy) is 1. The topological polar surface area (TPSA) is 41.6 Å². The lowest BCUT2D eigenvalue weighted by atomic mass is 10.1. The summed E-state index contributed by atoms with van der Waals surface area (Å²) < 4.78 is 5.72. The first-order valence-corrected chi connectivity index (χ1v) is 9.32. The van der Waals surface area contributed by atoms with E-state index < -0.39 is 0 Å². The first kappa shape index (κ1) is 17.3. The maximum absolute atomic E-state index is 12.4. The van der Waals surface area contributed by atoms with Crippen molar-refractivity contribution in [2.45, 2.75) is 25.5 Å². The molecule has 128 valence electrons. The quantitative estimate of drug-likeness (QED) is 0.877. The molecule has 2 heterocycles. The number of nitrogens with zero attached hydrogens (tertiary/aromatic N) is 1. The lowest BCUT2D eigenvalue weighted by Gasteiger charge is -2.29. The van der Waals surface area contributed by atoms with Crippen LogP contribution in [0.5, 0.6) is 5.75 Å². The second-order valence-corrected chi connectivity index (χ2v) is 7.41. The van der Waals surface area contributed by atoms with Gasteiger partial charge in [-0.3, -0.25) is 4.79 Å². The van der Waals surface area contributed by atoms with Crippen LogP contribution in [0.15, 0.2) is 35.7 Å². The summed E-state index contributed by atoms with van der Waals surface area (Å²) in [4.78, 5) is 15.4. The number of halogens is 1. The fraction of sp³-hybridized carbons (Fsp3) is 0.389. The molecule has 0 spiro atoms. The average molecular weight is 365 g/mol. The van der Waals surface area contributed by atoms with Crippen LogP contribution in [0.3, 0.4) is 0 Å². The Morgan fingerprint density at radius 1 is 1.38 bits per heavy atom. The van der Waals surface area contributed by atoms with Crippen LogP contribution in [0.4, 0.5) is 0 Å². The predicted molar refractivity (Wildman–Crippen MR) is 98.1 cm³/mol. The van der Waals surface area contributed by atoms with Crippen LogP contribution in [0.1, 0.15) is 28.1 Å². The van der Waals surface area contributed by atoms with Crippen molar-refractivity contribution in [3.8, 4) is 5.75 Å². The van der Waals surface area contributed by atoms with Crippen LogP contribution in [0.25, 0.3) is 0 Å². The minimum absolute atomic E-state index is 0.0125. The van der Waals surface area contributed by atoms with Crippen molar-refractivity contribution in [2.24, 2.45) is 0 Å². The van der Waals surface area contributed by atoms with E-state index in [1.807, 2.05) is 29.6 Å². The predicted octanol–water partition coefficient (Wildman–Crippen LogP) is 3.80. The average Bonchev–Trinajstić information content (AvgIpc) is 3.05. The maximum atomic E-state index is 12.4. The molecule has 1 aromatic carbocycles. The number of hydrogen-bond donors (Lipinski definition) is 1. The van der Waals surface area contributed by atoms with Gasteiger partial charge in [-0.1, -0.05) is 23.7 Å². The Bertz CT molecular complexity index is 696. The molecule has 0 unspecified atom stereocenters. The number of hydrogen-bond acceptors (Lipinski definition) is 4. The van der Waals surface area contributed by atoms with Crippen LogP contribution in [-0.4, -0.2) is 37.0 Å². The number of nitrogens with one attached hydrogen (secondary N) is 1. The largest absolute Gasteiger partial charge is 0.487 e. The van der Waals surface area contributed by atoms with Crippen molar-refractivity contribution in [1.29, 1.82) is 0 Å². The Morgan fingerprint density at radius 2 is 2.12 bits per heavy atom. The van der Waals surface area contributed by atoms with Crippen molar-refractivity contribution < 1.29 is 9.53 Å². The molecule has 2 aromatic rings. The van der Waals surface area contributed by atoms with Crippen molar-refractivity contribution in [2.75, 3.05) is 20.1 Å². The molecule has 4 nitrogen and oxygen atoms in total. The van der Waals surface area contributed by atoms with Crippen molar-refractivity contribution in [1.82, 2.24) is 10.2 Å². The molecule has 0 bridgehead atoms. The van der Waals surface area contributed by atoms with Gasteiger partial charge in [0.1, 0.15) is 12.4 Å².